The summed E-state index contributed by atoms with van der Waals surface area (Å²) in [7, 11) is 0. The molecule has 7 heteroatoms. The molecule has 0 radical (unpaired) electrons. The summed E-state index contributed by atoms with van der Waals surface area (Å²) in [5, 5.41) is 21.2. The van der Waals surface area contributed by atoms with Crippen LogP contribution in [0.1, 0.15) is 18.2 Å². The predicted octanol–water partition coefficient (Wildman–Crippen LogP) is 1.95. The van der Waals surface area contributed by atoms with Crippen molar-refractivity contribution in [3.8, 4) is 0 Å². The van der Waals surface area contributed by atoms with Crippen molar-refractivity contribution in [2.75, 3.05) is 11.9 Å². The van der Waals surface area contributed by atoms with E-state index in [1.807, 2.05) is 29.4 Å². The van der Waals surface area contributed by atoms with Gasteiger partial charge in [-0.15, -0.1) is 0 Å². The maximum Gasteiger partial charge on any atom is 0.127 e. The Balaban J connectivity index is 2.08. The highest BCUT2D eigenvalue weighted by Crippen LogP contribution is 2.19. The molecule has 0 spiro atoms. The first-order valence-corrected chi connectivity index (χ1v) is 7.40. The van der Waals surface area contributed by atoms with Crippen LogP contribution in [0.25, 0.3) is 0 Å². The quantitative estimate of drug-likeness (QED) is 0.842. The molecule has 2 heterocycles. The molecular weight excluding hydrogens is 322 g/mol. The number of hydrogen-bond acceptors (Lipinski definition) is 4. The van der Waals surface area contributed by atoms with Crippen LogP contribution in [-0.4, -0.2) is 37.3 Å². The summed E-state index contributed by atoms with van der Waals surface area (Å²) in [5.74, 6) is 0.968. The van der Waals surface area contributed by atoms with Crippen LogP contribution in [0.5, 0.6) is 0 Å². The van der Waals surface area contributed by atoms with Gasteiger partial charge >= 0.3 is 0 Å². The lowest BCUT2D eigenvalue weighted by molar-refractivity contribution is 0.270. The largest absolute Gasteiger partial charge is 0.394 e. The number of aliphatic hydroxyl groups is 1. The Labute approximate surface area is 126 Å². The first-order chi connectivity index (χ1) is 9.51. The van der Waals surface area contributed by atoms with Crippen molar-refractivity contribution in [2.45, 2.75) is 39.9 Å². The highest BCUT2D eigenvalue weighted by Gasteiger charge is 2.14. The normalized spacial score (nSPS) is 12.7. The molecule has 110 valence electrons. The minimum Gasteiger partial charge on any atom is -0.394 e. The summed E-state index contributed by atoms with van der Waals surface area (Å²) >= 11 is 3.39. The van der Waals surface area contributed by atoms with Crippen molar-refractivity contribution in [1.29, 1.82) is 0 Å². The van der Waals surface area contributed by atoms with Gasteiger partial charge in [-0.3, -0.25) is 4.68 Å². The third-order valence-corrected chi connectivity index (χ3v) is 3.59. The van der Waals surface area contributed by atoms with E-state index >= 15 is 0 Å². The van der Waals surface area contributed by atoms with Gasteiger partial charge in [0.05, 0.1) is 36.1 Å². The predicted molar refractivity (Wildman–Crippen MR) is 81.8 cm³/mol. The van der Waals surface area contributed by atoms with Crippen molar-refractivity contribution in [3.63, 3.8) is 0 Å². The third kappa shape index (κ3) is 3.40. The molecule has 0 aliphatic heterocycles. The molecule has 0 fully saturated rings. The topological polar surface area (TPSA) is 67.9 Å². The van der Waals surface area contributed by atoms with Crippen molar-refractivity contribution in [3.05, 3.63) is 28.1 Å². The molecule has 1 unspecified atom stereocenters. The Morgan fingerprint density at radius 3 is 2.80 bits per heavy atom. The van der Waals surface area contributed by atoms with Crippen LogP contribution in [-0.2, 0) is 13.1 Å². The SMILES string of the molecule is Cc1nn(CCO)c(NC(C)Cn2cc(Br)cn2)c1C. The molecule has 6 nitrogen and oxygen atoms in total. The van der Waals surface area contributed by atoms with E-state index < -0.39 is 0 Å². The van der Waals surface area contributed by atoms with Crippen LogP contribution >= 0.6 is 15.9 Å². The van der Waals surface area contributed by atoms with Crippen molar-refractivity contribution in [2.24, 2.45) is 0 Å². The number of nitrogens with zero attached hydrogens (tertiary/aromatic N) is 4. The van der Waals surface area contributed by atoms with Gasteiger partial charge in [0.15, 0.2) is 0 Å². The number of aryl methyl sites for hydroxylation is 1. The minimum absolute atomic E-state index is 0.0791. The second-order valence-electron chi connectivity index (χ2n) is 4.93. The Kier molecular flexibility index (Phi) is 4.82. The van der Waals surface area contributed by atoms with E-state index in [4.69, 9.17) is 5.11 Å². The molecule has 2 rings (SSSR count). The lowest BCUT2D eigenvalue weighted by Crippen LogP contribution is -2.24. The van der Waals surface area contributed by atoms with Crippen LogP contribution in [0.2, 0.25) is 0 Å². The van der Waals surface area contributed by atoms with E-state index in [0.29, 0.717) is 6.54 Å². The van der Waals surface area contributed by atoms with Gasteiger partial charge in [0.2, 0.25) is 0 Å². The zero-order valence-corrected chi connectivity index (χ0v) is 13.6. The van der Waals surface area contributed by atoms with Crippen molar-refractivity contribution in [1.82, 2.24) is 19.6 Å². The molecule has 0 amide bonds. The van der Waals surface area contributed by atoms with E-state index in [2.05, 4.69) is 38.4 Å². The van der Waals surface area contributed by atoms with E-state index in [0.717, 1.165) is 28.1 Å². The lowest BCUT2D eigenvalue weighted by atomic mass is 10.2. The van der Waals surface area contributed by atoms with Crippen molar-refractivity contribution < 1.29 is 5.11 Å². The van der Waals surface area contributed by atoms with Crippen LogP contribution < -0.4 is 5.32 Å². The molecule has 0 bridgehead atoms. The zero-order chi connectivity index (χ0) is 14.7. The van der Waals surface area contributed by atoms with Gasteiger partial charge in [-0.25, -0.2) is 4.68 Å². The summed E-state index contributed by atoms with van der Waals surface area (Å²) in [6, 6.07) is 0.203. The monoisotopic (exact) mass is 341 g/mol. The average molecular weight is 342 g/mol. The fourth-order valence-electron chi connectivity index (χ4n) is 2.11. The summed E-state index contributed by atoms with van der Waals surface area (Å²) in [6.45, 7) is 7.45. The number of aliphatic hydroxyl groups excluding tert-OH is 1. The first kappa shape index (κ1) is 15.1. The molecule has 0 aliphatic rings. The Morgan fingerprint density at radius 2 is 2.20 bits per heavy atom. The summed E-state index contributed by atoms with van der Waals surface area (Å²) in [6.07, 6.45) is 3.72. The number of aromatic nitrogens is 4. The molecule has 20 heavy (non-hydrogen) atoms. The van der Waals surface area contributed by atoms with Gasteiger partial charge in [-0.1, -0.05) is 0 Å². The molecule has 2 aromatic rings. The molecule has 2 N–H and O–H groups in total. The molecule has 1 atom stereocenters. The number of hydrogen-bond donors (Lipinski definition) is 2. The molecular formula is C13H20BrN5O. The Morgan fingerprint density at radius 1 is 1.45 bits per heavy atom. The van der Waals surface area contributed by atoms with Gasteiger partial charge < -0.3 is 10.4 Å². The number of nitrogens with one attached hydrogen (secondary N) is 1. The van der Waals surface area contributed by atoms with Gasteiger partial charge in [-0.2, -0.15) is 10.2 Å². The second kappa shape index (κ2) is 6.41. The maximum absolute atomic E-state index is 9.11. The third-order valence-electron chi connectivity index (χ3n) is 3.18. The summed E-state index contributed by atoms with van der Waals surface area (Å²) in [5.41, 5.74) is 2.10. The molecule has 0 saturated heterocycles. The van der Waals surface area contributed by atoms with Crippen LogP contribution in [0, 0.1) is 13.8 Å². The number of rotatable bonds is 6. The maximum atomic E-state index is 9.11. The zero-order valence-electron chi connectivity index (χ0n) is 12.0. The first-order valence-electron chi connectivity index (χ1n) is 6.60. The average Bonchev–Trinajstić information content (AvgIpc) is 2.89. The fourth-order valence-corrected chi connectivity index (χ4v) is 2.44. The van der Waals surface area contributed by atoms with Crippen LogP contribution in [0.15, 0.2) is 16.9 Å². The molecule has 0 saturated carbocycles. The molecule has 2 aromatic heterocycles. The minimum atomic E-state index is 0.0791. The van der Waals surface area contributed by atoms with Gasteiger partial charge in [0.1, 0.15) is 5.82 Å². The highest BCUT2D eigenvalue weighted by atomic mass is 79.9. The Bertz CT molecular complexity index is 577. The van der Waals surface area contributed by atoms with Gasteiger partial charge in [0.25, 0.3) is 0 Å². The second-order valence-corrected chi connectivity index (χ2v) is 5.85. The molecule has 0 aromatic carbocycles. The smallest absolute Gasteiger partial charge is 0.127 e. The molecule has 0 aliphatic carbocycles. The lowest BCUT2D eigenvalue weighted by Gasteiger charge is -2.17. The number of anilines is 1. The van der Waals surface area contributed by atoms with Gasteiger partial charge in [-0.05, 0) is 36.7 Å². The number of halogens is 1. The Hall–Kier alpha value is -1.34. The fraction of sp³-hybridized carbons (Fsp3) is 0.538. The van der Waals surface area contributed by atoms with E-state index in [-0.39, 0.29) is 12.6 Å². The standard InChI is InChI=1S/C13H20BrN5O/c1-9(7-18-8-12(14)6-15-18)16-13-10(2)11(3)17-19(13)4-5-20/h6,8-9,16,20H,4-5,7H2,1-3H3. The van der Waals surface area contributed by atoms with E-state index in [9.17, 15) is 0 Å². The van der Waals surface area contributed by atoms with Crippen LogP contribution in [0.3, 0.4) is 0 Å². The summed E-state index contributed by atoms with van der Waals surface area (Å²) < 4.78 is 4.68. The van der Waals surface area contributed by atoms with Gasteiger partial charge in [0, 0.05) is 17.8 Å². The van der Waals surface area contributed by atoms with Crippen molar-refractivity contribution >= 4 is 21.7 Å². The van der Waals surface area contributed by atoms with E-state index in [1.54, 1.807) is 6.20 Å². The summed E-state index contributed by atoms with van der Waals surface area (Å²) in [4.78, 5) is 0. The van der Waals surface area contributed by atoms with E-state index in [1.165, 1.54) is 0 Å². The highest BCUT2D eigenvalue weighted by molar-refractivity contribution is 9.10. The van der Waals surface area contributed by atoms with Crippen LogP contribution in [0.4, 0.5) is 5.82 Å².